The van der Waals surface area contributed by atoms with Crippen molar-refractivity contribution in [3.05, 3.63) is 59.7 Å². The van der Waals surface area contributed by atoms with Crippen molar-refractivity contribution < 1.29 is 16.8 Å². The van der Waals surface area contributed by atoms with Crippen LogP contribution in [0.1, 0.15) is 17.5 Å². The molecule has 2 aromatic rings. The van der Waals surface area contributed by atoms with E-state index in [-0.39, 0.29) is 5.75 Å². The third-order valence-corrected chi connectivity index (χ3v) is 6.47. The van der Waals surface area contributed by atoms with E-state index in [0.29, 0.717) is 23.5 Å². The normalized spacial score (nSPS) is 14.8. The van der Waals surface area contributed by atoms with Crippen molar-refractivity contribution in [1.82, 2.24) is 0 Å². The lowest BCUT2D eigenvalue weighted by Gasteiger charge is -2.29. The quantitative estimate of drug-likeness (QED) is 0.863. The molecule has 2 aromatic carbocycles. The first-order valence-electron chi connectivity index (χ1n) is 7.90. The second-order valence-electron chi connectivity index (χ2n) is 6.13. The van der Waals surface area contributed by atoms with Gasteiger partial charge in [-0.15, -0.1) is 0 Å². The second-order valence-corrected chi connectivity index (χ2v) is 9.76. The van der Waals surface area contributed by atoms with Gasteiger partial charge < -0.3 is 0 Å². The van der Waals surface area contributed by atoms with Crippen molar-refractivity contribution in [2.75, 3.05) is 21.8 Å². The van der Waals surface area contributed by atoms with Gasteiger partial charge in [0.2, 0.25) is 20.0 Å². The maximum Gasteiger partial charge on any atom is 0.236 e. The summed E-state index contributed by atoms with van der Waals surface area (Å²) >= 11 is 0. The fraction of sp³-hybridized carbons (Fsp3) is 0.294. The minimum atomic E-state index is -3.59. The smallest absolute Gasteiger partial charge is 0.236 e. The summed E-state index contributed by atoms with van der Waals surface area (Å²) in [6.07, 6.45) is 2.69. The van der Waals surface area contributed by atoms with Crippen LogP contribution in [0.25, 0.3) is 0 Å². The molecule has 0 aromatic heterocycles. The molecule has 6 nitrogen and oxygen atoms in total. The Morgan fingerprint density at radius 1 is 1.04 bits per heavy atom. The average molecular weight is 380 g/mol. The van der Waals surface area contributed by atoms with Crippen molar-refractivity contribution in [1.29, 1.82) is 0 Å². The first-order chi connectivity index (χ1) is 11.7. The molecule has 1 heterocycles. The van der Waals surface area contributed by atoms with E-state index in [1.54, 1.807) is 42.5 Å². The zero-order valence-electron chi connectivity index (χ0n) is 13.8. The molecule has 0 bridgehead atoms. The first kappa shape index (κ1) is 17.8. The van der Waals surface area contributed by atoms with Gasteiger partial charge in [-0.2, -0.15) is 0 Å². The molecule has 1 N–H and O–H groups in total. The van der Waals surface area contributed by atoms with Gasteiger partial charge in [0.15, 0.2) is 0 Å². The Morgan fingerprint density at radius 2 is 1.76 bits per heavy atom. The molecule has 3 rings (SSSR count). The van der Waals surface area contributed by atoms with E-state index in [4.69, 9.17) is 0 Å². The van der Waals surface area contributed by atoms with Gasteiger partial charge in [-0.05, 0) is 36.1 Å². The van der Waals surface area contributed by atoms with Gasteiger partial charge in [-0.1, -0.05) is 36.4 Å². The summed E-state index contributed by atoms with van der Waals surface area (Å²) in [5, 5.41) is 0. The number of hydrogen-bond acceptors (Lipinski definition) is 4. The highest BCUT2D eigenvalue weighted by Crippen LogP contribution is 2.32. The summed E-state index contributed by atoms with van der Waals surface area (Å²) in [5.74, 6) is -0.138. The third-order valence-electron chi connectivity index (χ3n) is 4.03. The van der Waals surface area contributed by atoms with Gasteiger partial charge in [-0.3, -0.25) is 9.03 Å². The Hall–Kier alpha value is -2.06. The van der Waals surface area contributed by atoms with Gasteiger partial charge in [-0.25, -0.2) is 16.8 Å². The van der Waals surface area contributed by atoms with Crippen LogP contribution in [0.15, 0.2) is 48.5 Å². The molecule has 0 unspecified atom stereocenters. The van der Waals surface area contributed by atoms with Crippen LogP contribution in [0.3, 0.4) is 0 Å². The van der Waals surface area contributed by atoms with Gasteiger partial charge in [0, 0.05) is 6.54 Å². The van der Waals surface area contributed by atoms with Crippen molar-refractivity contribution >= 4 is 31.4 Å². The van der Waals surface area contributed by atoms with Crippen LogP contribution >= 0.6 is 0 Å². The fourth-order valence-corrected chi connectivity index (χ4v) is 5.14. The van der Waals surface area contributed by atoms with E-state index < -0.39 is 20.0 Å². The lowest BCUT2D eigenvalue weighted by molar-refractivity contribution is 0.592. The molecule has 25 heavy (non-hydrogen) atoms. The van der Waals surface area contributed by atoms with Crippen LogP contribution in [0.4, 0.5) is 11.4 Å². The molecule has 134 valence electrons. The van der Waals surface area contributed by atoms with E-state index in [1.807, 2.05) is 6.07 Å². The van der Waals surface area contributed by atoms with E-state index in [0.717, 1.165) is 24.7 Å². The molecule has 0 atom stereocenters. The van der Waals surface area contributed by atoms with Crippen LogP contribution in [-0.2, 0) is 32.2 Å². The van der Waals surface area contributed by atoms with E-state index in [2.05, 4.69) is 4.72 Å². The van der Waals surface area contributed by atoms with Crippen molar-refractivity contribution in [3.63, 3.8) is 0 Å². The molecule has 0 saturated heterocycles. The number of anilines is 2. The number of fused-ring (bicyclic) bond motifs is 1. The maximum absolute atomic E-state index is 12.4. The van der Waals surface area contributed by atoms with Crippen LogP contribution in [-0.4, -0.2) is 29.6 Å². The summed E-state index contributed by atoms with van der Waals surface area (Å²) in [5.41, 5.74) is 2.51. The Labute approximate surface area is 148 Å². The Bertz CT molecular complexity index is 971. The molecular weight excluding hydrogens is 360 g/mol. The van der Waals surface area contributed by atoms with E-state index in [1.165, 1.54) is 4.31 Å². The van der Waals surface area contributed by atoms with Gasteiger partial charge in [0.25, 0.3) is 0 Å². The Kier molecular flexibility index (Phi) is 4.75. The molecule has 0 fully saturated rings. The van der Waals surface area contributed by atoms with E-state index in [9.17, 15) is 16.8 Å². The second kappa shape index (κ2) is 6.68. The third kappa shape index (κ3) is 4.32. The molecule has 0 amide bonds. The monoisotopic (exact) mass is 380 g/mol. The highest BCUT2D eigenvalue weighted by molar-refractivity contribution is 7.92. The first-order valence-corrected chi connectivity index (χ1v) is 11.4. The largest absolute Gasteiger partial charge is 0.283 e. The number of sulfonamides is 2. The number of aryl methyl sites for hydroxylation is 1. The Balaban J connectivity index is 1.87. The predicted octanol–water partition coefficient (Wildman–Crippen LogP) is 2.34. The summed E-state index contributed by atoms with van der Waals surface area (Å²) in [4.78, 5) is 0. The molecule has 0 spiro atoms. The molecular formula is C17H20N2O4S2. The number of rotatable bonds is 5. The average Bonchev–Trinajstić information content (AvgIpc) is 2.53. The molecule has 1 aliphatic rings. The SMILES string of the molecule is CS(=O)(=O)N1CCCc2ccc(NS(=O)(=O)Cc3ccccc3)cc21. The minimum absolute atomic E-state index is 0.138. The summed E-state index contributed by atoms with van der Waals surface area (Å²) in [6.45, 7) is 0.409. The van der Waals surface area contributed by atoms with E-state index >= 15 is 0 Å². The van der Waals surface area contributed by atoms with Crippen LogP contribution in [0.2, 0.25) is 0 Å². The van der Waals surface area contributed by atoms with Gasteiger partial charge in [0.05, 0.1) is 23.4 Å². The van der Waals surface area contributed by atoms with Crippen LogP contribution in [0, 0.1) is 0 Å². The predicted molar refractivity (Wildman–Crippen MR) is 99.6 cm³/mol. The summed E-state index contributed by atoms with van der Waals surface area (Å²) in [6, 6.07) is 13.9. The van der Waals surface area contributed by atoms with Crippen molar-refractivity contribution in [3.8, 4) is 0 Å². The highest BCUT2D eigenvalue weighted by Gasteiger charge is 2.24. The number of nitrogens with one attached hydrogen (secondary N) is 1. The van der Waals surface area contributed by atoms with Crippen molar-refractivity contribution in [2.24, 2.45) is 0 Å². The van der Waals surface area contributed by atoms with Crippen LogP contribution in [0.5, 0.6) is 0 Å². The zero-order valence-corrected chi connectivity index (χ0v) is 15.5. The standard InChI is InChI=1S/C17H20N2O4S2/c1-24(20,21)19-11-5-8-15-9-10-16(12-17(15)19)18-25(22,23)13-14-6-3-2-4-7-14/h2-4,6-7,9-10,12,18H,5,8,11,13H2,1H3. The van der Waals surface area contributed by atoms with Crippen molar-refractivity contribution in [2.45, 2.75) is 18.6 Å². The molecule has 0 saturated carbocycles. The maximum atomic E-state index is 12.4. The van der Waals surface area contributed by atoms with Gasteiger partial charge >= 0.3 is 0 Å². The summed E-state index contributed by atoms with van der Waals surface area (Å²) < 4.78 is 52.6. The molecule has 0 radical (unpaired) electrons. The summed E-state index contributed by atoms with van der Waals surface area (Å²) in [7, 11) is -6.98. The molecule has 8 heteroatoms. The number of benzene rings is 2. The number of hydrogen-bond donors (Lipinski definition) is 1. The Morgan fingerprint density at radius 3 is 2.44 bits per heavy atom. The topological polar surface area (TPSA) is 83.6 Å². The number of nitrogens with zero attached hydrogens (tertiary/aromatic N) is 1. The van der Waals surface area contributed by atoms with Gasteiger partial charge in [0.1, 0.15) is 0 Å². The molecule has 1 aliphatic heterocycles. The van der Waals surface area contributed by atoms with Crippen LogP contribution < -0.4 is 9.03 Å². The zero-order chi connectivity index (χ0) is 18.1. The highest BCUT2D eigenvalue weighted by atomic mass is 32.2. The minimum Gasteiger partial charge on any atom is -0.283 e. The lowest BCUT2D eigenvalue weighted by Crippen LogP contribution is -2.34. The molecule has 0 aliphatic carbocycles. The fourth-order valence-electron chi connectivity index (χ4n) is 2.96. The lowest BCUT2D eigenvalue weighted by atomic mass is 10.0.